The number of hydrogen-bond donors (Lipinski definition) is 1. The Bertz CT molecular complexity index is 994. The van der Waals surface area contributed by atoms with Gasteiger partial charge in [-0.1, -0.05) is 12.1 Å². The van der Waals surface area contributed by atoms with Crippen LogP contribution < -0.4 is 5.32 Å². The van der Waals surface area contributed by atoms with Gasteiger partial charge >= 0.3 is 6.18 Å². The Morgan fingerprint density at radius 3 is 2.59 bits per heavy atom. The van der Waals surface area contributed by atoms with Crippen LogP contribution in [0.2, 0.25) is 0 Å². The number of benzene rings is 1. The average Bonchev–Trinajstić information content (AvgIpc) is 3.00. The van der Waals surface area contributed by atoms with Gasteiger partial charge in [-0.3, -0.25) is 9.20 Å². The maximum atomic E-state index is 12.9. The van der Waals surface area contributed by atoms with Gasteiger partial charge in [-0.2, -0.15) is 13.2 Å². The highest BCUT2D eigenvalue weighted by Gasteiger charge is 2.36. The van der Waals surface area contributed by atoms with Crippen LogP contribution in [0.15, 0.2) is 36.5 Å². The predicted molar refractivity (Wildman–Crippen MR) is 94.5 cm³/mol. The smallest absolute Gasteiger partial charge is 0.322 e. The summed E-state index contributed by atoms with van der Waals surface area (Å²) in [4.78, 5) is 14.6. The van der Waals surface area contributed by atoms with E-state index in [1.807, 2.05) is 44.1 Å². The van der Waals surface area contributed by atoms with Crippen molar-refractivity contribution in [3.63, 3.8) is 0 Å². The molecule has 27 heavy (non-hydrogen) atoms. The van der Waals surface area contributed by atoms with Gasteiger partial charge in [-0.15, -0.1) is 10.2 Å². The standard InChI is InChI=1S/C18H18F3N5O/c1-11-4-5-12(10-25(2)3)8-14(11)22-16(27)13-6-7-26-15(9-13)23-24-17(26)18(19,20)21/h4-9H,10H2,1-3H3,(H,22,27). The SMILES string of the molecule is Cc1ccc(CN(C)C)cc1NC(=O)c1ccn2c(C(F)(F)F)nnc2c1. The molecule has 0 unspecified atom stereocenters. The lowest BCUT2D eigenvalue weighted by Crippen LogP contribution is -2.15. The van der Waals surface area contributed by atoms with E-state index in [-0.39, 0.29) is 11.2 Å². The van der Waals surface area contributed by atoms with Crippen LogP contribution in [0.5, 0.6) is 0 Å². The number of nitrogens with zero attached hydrogens (tertiary/aromatic N) is 4. The minimum atomic E-state index is -4.62. The number of aryl methyl sites for hydroxylation is 1. The molecule has 9 heteroatoms. The third kappa shape index (κ3) is 4.08. The first-order valence-electron chi connectivity index (χ1n) is 8.13. The number of anilines is 1. The molecule has 142 valence electrons. The summed E-state index contributed by atoms with van der Waals surface area (Å²) in [6.07, 6.45) is -3.48. The number of carbonyl (C=O) groups is 1. The fourth-order valence-corrected chi connectivity index (χ4v) is 2.69. The van der Waals surface area contributed by atoms with Crippen molar-refractivity contribution in [1.29, 1.82) is 0 Å². The van der Waals surface area contributed by atoms with Gasteiger partial charge in [0.25, 0.3) is 5.91 Å². The molecule has 0 saturated carbocycles. The van der Waals surface area contributed by atoms with Crippen molar-refractivity contribution < 1.29 is 18.0 Å². The summed E-state index contributed by atoms with van der Waals surface area (Å²) in [5, 5.41) is 9.47. The van der Waals surface area contributed by atoms with Crippen LogP contribution in [0.1, 0.15) is 27.3 Å². The molecular formula is C18H18F3N5O. The second-order valence-electron chi connectivity index (χ2n) is 6.51. The zero-order valence-corrected chi connectivity index (χ0v) is 15.0. The minimum absolute atomic E-state index is 0.0481. The van der Waals surface area contributed by atoms with Gasteiger partial charge in [0.1, 0.15) is 0 Å². The molecule has 1 N–H and O–H groups in total. The number of pyridine rings is 1. The van der Waals surface area contributed by atoms with Crippen molar-refractivity contribution >= 4 is 17.2 Å². The second-order valence-corrected chi connectivity index (χ2v) is 6.51. The molecule has 2 aromatic heterocycles. The molecule has 0 radical (unpaired) electrons. The van der Waals surface area contributed by atoms with Crippen molar-refractivity contribution in [3.05, 3.63) is 59.0 Å². The van der Waals surface area contributed by atoms with E-state index >= 15 is 0 Å². The molecule has 0 spiro atoms. The number of alkyl halides is 3. The number of nitrogens with one attached hydrogen (secondary N) is 1. The molecule has 0 fully saturated rings. The molecule has 1 amide bonds. The zero-order valence-electron chi connectivity index (χ0n) is 15.0. The Kier molecular flexibility index (Phi) is 4.88. The Balaban J connectivity index is 1.86. The summed E-state index contributed by atoms with van der Waals surface area (Å²) in [5.74, 6) is -1.56. The van der Waals surface area contributed by atoms with Crippen molar-refractivity contribution in [3.8, 4) is 0 Å². The van der Waals surface area contributed by atoms with Crippen molar-refractivity contribution in [1.82, 2.24) is 19.5 Å². The molecule has 1 aromatic carbocycles. The van der Waals surface area contributed by atoms with E-state index in [4.69, 9.17) is 0 Å². The highest BCUT2D eigenvalue weighted by Crippen LogP contribution is 2.28. The highest BCUT2D eigenvalue weighted by atomic mass is 19.4. The number of carbonyl (C=O) groups excluding carboxylic acids is 1. The van der Waals surface area contributed by atoms with Crippen molar-refractivity contribution in [2.24, 2.45) is 0 Å². The first-order chi connectivity index (χ1) is 12.6. The van der Waals surface area contributed by atoms with Crippen LogP contribution in [0.25, 0.3) is 5.65 Å². The fourth-order valence-electron chi connectivity index (χ4n) is 2.69. The summed E-state index contributed by atoms with van der Waals surface area (Å²) < 4.78 is 39.4. The molecule has 2 heterocycles. The third-order valence-electron chi connectivity index (χ3n) is 3.97. The number of aromatic nitrogens is 3. The van der Waals surface area contributed by atoms with Gasteiger partial charge in [-0.25, -0.2) is 0 Å². The van der Waals surface area contributed by atoms with Crippen LogP contribution in [0, 0.1) is 6.92 Å². The third-order valence-corrected chi connectivity index (χ3v) is 3.97. The van der Waals surface area contributed by atoms with Crippen LogP contribution in [0.3, 0.4) is 0 Å². The topological polar surface area (TPSA) is 62.5 Å². The van der Waals surface area contributed by atoms with E-state index in [9.17, 15) is 18.0 Å². The lowest BCUT2D eigenvalue weighted by molar-refractivity contribution is -0.145. The van der Waals surface area contributed by atoms with E-state index in [0.717, 1.165) is 28.3 Å². The van der Waals surface area contributed by atoms with Gasteiger partial charge in [0, 0.05) is 24.0 Å². The first-order valence-corrected chi connectivity index (χ1v) is 8.13. The van der Waals surface area contributed by atoms with E-state index < -0.39 is 17.9 Å². The van der Waals surface area contributed by atoms with E-state index in [2.05, 4.69) is 15.5 Å². The van der Waals surface area contributed by atoms with Crippen LogP contribution in [-0.2, 0) is 12.7 Å². The van der Waals surface area contributed by atoms with E-state index in [1.165, 1.54) is 12.1 Å². The van der Waals surface area contributed by atoms with Crippen molar-refractivity contribution in [2.75, 3.05) is 19.4 Å². The summed E-state index contributed by atoms with van der Waals surface area (Å²) in [6, 6.07) is 8.35. The van der Waals surface area contributed by atoms with Crippen LogP contribution in [0.4, 0.5) is 18.9 Å². The molecule has 6 nitrogen and oxygen atoms in total. The van der Waals surface area contributed by atoms with Crippen LogP contribution in [-0.4, -0.2) is 39.5 Å². The number of amides is 1. The molecule has 3 aromatic rings. The van der Waals surface area contributed by atoms with Gasteiger partial charge in [0.05, 0.1) is 0 Å². The lowest BCUT2D eigenvalue weighted by Gasteiger charge is -2.14. The van der Waals surface area contributed by atoms with Gasteiger partial charge in [0.15, 0.2) is 5.65 Å². The average molecular weight is 377 g/mol. The maximum absolute atomic E-state index is 12.9. The number of halogens is 3. The molecule has 3 rings (SSSR count). The van der Waals surface area contributed by atoms with Gasteiger partial charge in [0.2, 0.25) is 5.82 Å². The summed E-state index contributed by atoms with van der Waals surface area (Å²) >= 11 is 0. The Morgan fingerprint density at radius 2 is 1.93 bits per heavy atom. The molecule has 0 saturated heterocycles. The molecule has 0 atom stereocenters. The van der Waals surface area contributed by atoms with E-state index in [0.29, 0.717) is 5.69 Å². The van der Waals surface area contributed by atoms with E-state index in [1.54, 1.807) is 0 Å². The first kappa shape index (κ1) is 18.8. The van der Waals surface area contributed by atoms with Gasteiger partial charge in [-0.05, 0) is 50.3 Å². The van der Waals surface area contributed by atoms with Crippen molar-refractivity contribution in [2.45, 2.75) is 19.6 Å². The number of fused-ring (bicyclic) bond motifs is 1. The Hall–Kier alpha value is -2.94. The van der Waals surface area contributed by atoms with Crippen LogP contribution >= 0.6 is 0 Å². The number of hydrogen-bond acceptors (Lipinski definition) is 4. The molecule has 0 bridgehead atoms. The summed E-state index contributed by atoms with van der Waals surface area (Å²) in [7, 11) is 3.89. The monoisotopic (exact) mass is 377 g/mol. The molecular weight excluding hydrogens is 359 g/mol. The quantitative estimate of drug-likeness (QED) is 0.757. The largest absolute Gasteiger partial charge is 0.452 e. The predicted octanol–water partition coefficient (Wildman–Crippen LogP) is 3.37. The second kappa shape index (κ2) is 6.99. The lowest BCUT2D eigenvalue weighted by atomic mass is 10.1. The van der Waals surface area contributed by atoms with Gasteiger partial charge < -0.3 is 10.2 Å². The fraction of sp³-hybridized carbons (Fsp3) is 0.278. The molecule has 0 aliphatic carbocycles. The summed E-state index contributed by atoms with van der Waals surface area (Å²) in [5.41, 5.74) is 2.71. The normalized spacial score (nSPS) is 12.0. The molecule has 0 aliphatic heterocycles. The zero-order chi connectivity index (χ0) is 19.8. The maximum Gasteiger partial charge on any atom is 0.452 e. The summed E-state index contributed by atoms with van der Waals surface area (Å²) in [6.45, 7) is 2.58. The Morgan fingerprint density at radius 1 is 1.19 bits per heavy atom. The highest BCUT2D eigenvalue weighted by molar-refractivity contribution is 6.05. The Labute approximate surface area is 153 Å². The molecule has 0 aliphatic rings. The number of rotatable bonds is 4. The minimum Gasteiger partial charge on any atom is -0.322 e.